The zero-order chi connectivity index (χ0) is 21.0. The van der Waals surface area contributed by atoms with Crippen molar-refractivity contribution in [2.75, 3.05) is 25.0 Å². The van der Waals surface area contributed by atoms with Gasteiger partial charge in [-0.3, -0.25) is 9.78 Å². The van der Waals surface area contributed by atoms with E-state index in [1.165, 1.54) is 23.6 Å². The Hall–Kier alpha value is -2.98. The SMILES string of the molecule is O=C(NCCO)c1cnc(-c2ccc(NCC3(c4ncccc4F)CCC3)nn2)s1. The first-order valence-electron chi connectivity index (χ1n) is 9.65. The summed E-state index contributed by atoms with van der Waals surface area (Å²) in [6.45, 7) is 0.600. The summed E-state index contributed by atoms with van der Waals surface area (Å²) in [4.78, 5) is 20.9. The van der Waals surface area contributed by atoms with Gasteiger partial charge in [0.2, 0.25) is 0 Å². The molecule has 1 fully saturated rings. The van der Waals surface area contributed by atoms with Crippen LogP contribution in [-0.2, 0) is 5.41 Å². The number of carbonyl (C=O) groups is 1. The number of pyridine rings is 1. The van der Waals surface area contributed by atoms with Crippen LogP contribution in [0.5, 0.6) is 0 Å². The van der Waals surface area contributed by atoms with Crippen LogP contribution in [0.15, 0.2) is 36.7 Å². The van der Waals surface area contributed by atoms with Crippen LogP contribution in [0.2, 0.25) is 0 Å². The van der Waals surface area contributed by atoms with E-state index >= 15 is 0 Å². The Balaban J connectivity index is 1.41. The van der Waals surface area contributed by atoms with Gasteiger partial charge in [0.1, 0.15) is 27.2 Å². The number of nitrogens with zero attached hydrogens (tertiary/aromatic N) is 4. The fourth-order valence-corrected chi connectivity index (χ4v) is 4.23. The topological polar surface area (TPSA) is 113 Å². The van der Waals surface area contributed by atoms with Gasteiger partial charge in [0.15, 0.2) is 0 Å². The highest BCUT2D eigenvalue weighted by atomic mass is 32.1. The highest BCUT2D eigenvalue weighted by Crippen LogP contribution is 2.43. The molecule has 0 saturated heterocycles. The molecule has 0 spiro atoms. The molecule has 156 valence electrons. The first-order valence-corrected chi connectivity index (χ1v) is 10.5. The second-order valence-corrected chi connectivity index (χ2v) is 8.16. The van der Waals surface area contributed by atoms with E-state index < -0.39 is 0 Å². The van der Waals surface area contributed by atoms with Crippen molar-refractivity contribution in [1.82, 2.24) is 25.5 Å². The summed E-state index contributed by atoms with van der Waals surface area (Å²) < 4.78 is 14.2. The third-order valence-electron chi connectivity index (χ3n) is 5.19. The second-order valence-electron chi connectivity index (χ2n) is 7.13. The zero-order valence-corrected chi connectivity index (χ0v) is 17.0. The lowest BCUT2D eigenvalue weighted by atomic mass is 9.66. The van der Waals surface area contributed by atoms with Crippen LogP contribution >= 0.6 is 11.3 Å². The monoisotopic (exact) mass is 428 g/mol. The van der Waals surface area contributed by atoms with Gasteiger partial charge in [-0.1, -0.05) is 6.42 Å². The van der Waals surface area contributed by atoms with E-state index in [9.17, 15) is 9.18 Å². The van der Waals surface area contributed by atoms with Crippen LogP contribution in [-0.4, -0.2) is 50.9 Å². The molecule has 10 heteroatoms. The van der Waals surface area contributed by atoms with Crippen LogP contribution in [0.1, 0.15) is 34.6 Å². The molecule has 1 aliphatic carbocycles. The summed E-state index contributed by atoms with van der Waals surface area (Å²) in [6.07, 6.45) is 5.89. The lowest BCUT2D eigenvalue weighted by Crippen LogP contribution is -2.42. The molecule has 0 bridgehead atoms. The average molecular weight is 428 g/mol. The molecular formula is C20H21FN6O2S. The Morgan fingerprint density at radius 1 is 1.23 bits per heavy atom. The van der Waals surface area contributed by atoms with Crippen molar-refractivity contribution in [3.8, 4) is 10.7 Å². The highest BCUT2D eigenvalue weighted by molar-refractivity contribution is 7.16. The number of amides is 1. The number of halogens is 1. The Bertz CT molecular complexity index is 1020. The minimum atomic E-state index is -0.322. The molecule has 4 rings (SSSR count). The molecule has 0 atom stereocenters. The summed E-state index contributed by atoms with van der Waals surface area (Å²) in [5.41, 5.74) is 0.738. The number of aromatic nitrogens is 4. The van der Waals surface area contributed by atoms with Gasteiger partial charge in [0.25, 0.3) is 5.91 Å². The Morgan fingerprint density at radius 2 is 2.10 bits per heavy atom. The van der Waals surface area contributed by atoms with Crippen molar-refractivity contribution in [2.45, 2.75) is 24.7 Å². The van der Waals surface area contributed by atoms with Gasteiger partial charge in [0, 0.05) is 24.7 Å². The quantitative estimate of drug-likeness (QED) is 0.505. The van der Waals surface area contributed by atoms with E-state index in [0.717, 1.165) is 19.3 Å². The summed E-state index contributed by atoms with van der Waals surface area (Å²) in [5.74, 6) is 0.0217. The van der Waals surface area contributed by atoms with Gasteiger partial charge < -0.3 is 15.7 Å². The highest BCUT2D eigenvalue weighted by Gasteiger charge is 2.41. The molecule has 0 unspecified atom stereocenters. The number of aliphatic hydroxyl groups excluding tert-OH is 1. The molecule has 30 heavy (non-hydrogen) atoms. The minimum absolute atomic E-state index is 0.119. The predicted molar refractivity (Wildman–Crippen MR) is 111 cm³/mol. The maximum absolute atomic E-state index is 14.2. The number of hydrogen-bond donors (Lipinski definition) is 3. The number of nitrogens with one attached hydrogen (secondary N) is 2. The molecule has 3 N–H and O–H groups in total. The Kier molecular flexibility index (Phi) is 5.96. The summed E-state index contributed by atoms with van der Waals surface area (Å²) >= 11 is 1.20. The molecule has 1 aliphatic rings. The molecule has 8 nitrogen and oxygen atoms in total. The van der Waals surface area contributed by atoms with Crippen LogP contribution in [0.25, 0.3) is 10.7 Å². The standard InChI is InChI=1S/C20H21FN6O2S/c21-13-3-1-8-22-17(13)20(6-2-7-20)12-25-16-5-4-14(26-27-16)19-24-11-15(30-19)18(29)23-9-10-28/h1,3-5,8,11,28H,2,6-7,9-10,12H2,(H,23,29)(H,25,27). The Morgan fingerprint density at radius 3 is 2.77 bits per heavy atom. The molecule has 1 saturated carbocycles. The van der Waals surface area contributed by atoms with Gasteiger partial charge in [-0.2, -0.15) is 0 Å². The third kappa shape index (κ3) is 4.14. The van der Waals surface area contributed by atoms with Crippen LogP contribution in [0, 0.1) is 5.82 Å². The van der Waals surface area contributed by atoms with Crippen molar-refractivity contribution >= 4 is 23.1 Å². The van der Waals surface area contributed by atoms with Gasteiger partial charge in [0.05, 0.1) is 18.5 Å². The number of aliphatic hydroxyl groups is 1. The van der Waals surface area contributed by atoms with Crippen LogP contribution in [0.4, 0.5) is 10.2 Å². The second kappa shape index (κ2) is 8.80. The number of thiazole rings is 1. The summed E-state index contributed by atoms with van der Waals surface area (Å²) in [6, 6.07) is 6.61. The fourth-order valence-electron chi connectivity index (χ4n) is 3.43. The average Bonchev–Trinajstić information content (AvgIpc) is 3.23. The van der Waals surface area contributed by atoms with Crippen molar-refractivity contribution in [2.24, 2.45) is 0 Å². The number of hydrogen-bond acceptors (Lipinski definition) is 8. The van der Waals surface area contributed by atoms with E-state index in [4.69, 9.17) is 5.11 Å². The molecule has 1 amide bonds. The first-order chi connectivity index (χ1) is 14.6. The van der Waals surface area contributed by atoms with Crippen molar-refractivity contribution in [3.05, 3.63) is 53.0 Å². The molecular weight excluding hydrogens is 407 g/mol. The number of rotatable bonds is 8. The molecule has 3 heterocycles. The number of carbonyl (C=O) groups excluding carboxylic acids is 1. The minimum Gasteiger partial charge on any atom is -0.395 e. The molecule has 0 aliphatic heterocycles. The maximum atomic E-state index is 14.2. The molecule has 3 aromatic heterocycles. The summed E-state index contributed by atoms with van der Waals surface area (Å²) in [7, 11) is 0. The lowest BCUT2D eigenvalue weighted by Gasteiger charge is -2.41. The first kappa shape index (κ1) is 20.3. The molecule has 0 radical (unpaired) electrons. The van der Waals surface area contributed by atoms with Crippen molar-refractivity contribution in [1.29, 1.82) is 0 Å². The van der Waals surface area contributed by atoms with Crippen molar-refractivity contribution < 1.29 is 14.3 Å². The largest absolute Gasteiger partial charge is 0.395 e. The van der Waals surface area contributed by atoms with Gasteiger partial charge in [-0.05, 0) is 37.1 Å². The maximum Gasteiger partial charge on any atom is 0.263 e. The van der Waals surface area contributed by atoms with E-state index in [2.05, 4.69) is 30.8 Å². The van der Waals surface area contributed by atoms with E-state index in [1.807, 2.05) is 0 Å². The van der Waals surface area contributed by atoms with E-state index in [0.29, 0.717) is 33.6 Å². The van der Waals surface area contributed by atoms with Gasteiger partial charge in [-0.15, -0.1) is 21.5 Å². The normalized spacial score (nSPS) is 14.7. The number of anilines is 1. The smallest absolute Gasteiger partial charge is 0.263 e. The van der Waals surface area contributed by atoms with E-state index in [-0.39, 0.29) is 30.3 Å². The zero-order valence-electron chi connectivity index (χ0n) is 16.1. The van der Waals surface area contributed by atoms with E-state index in [1.54, 1.807) is 24.4 Å². The van der Waals surface area contributed by atoms with Gasteiger partial charge in [-0.25, -0.2) is 9.37 Å². The van der Waals surface area contributed by atoms with Crippen LogP contribution in [0.3, 0.4) is 0 Å². The fraction of sp³-hybridized carbons (Fsp3) is 0.350. The third-order valence-corrected chi connectivity index (χ3v) is 6.21. The predicted octanol–water partition coefficient (Wildman–Crippen LogP) is 2.39. The lowest BCUT2D eigenvalue weighted by molar-refractivity contribution is 0.0948. The van der Waals surface area contributed by atoms with Gasteiger partial charge >= 0.3 is 0 Å². The Labute approximate surface area is 176 Å². The van der Waals surface area contributed by atoms with Crippen LogP contribution < -0.4 is 10.6 Å². The van der Waals surface area contributed by atoms with Crippen molar-refractivity contribution in [3.63, 3.8) is 0 Å². The molecule has 0 aromatic carbocycles. The summed E-state index contributed by atoms with van der Waals surface area (Å²) in [5, 5.41) is 23.6. The molecule has 3 aromatic rings.